The predicted molar refractivity (Wildman–Crippen MR) is 103 cm³/mol. The monoisotopic (exact) mass is 382 g/mol. The minimum atomic E-state index is -3.79. The van der Waals surface area contributed by atoms with Crippen LogP contribution in [0.25, 0.3) is 0 Å². The standard InChI is InChI=1S/C19H18N4O3S/c1-14-11-12-20-19(22-14)23-27(25,26)17-9-7-16(8-10-17)21-13-18(24)15-5-3-2-4-6-15/h2-12,21H,13H2,1H3,(H,20,22,23). The first-order valence-corrected chi connectivity index (χ1v) is 9.67. The van der Waals surface area contributed by atoms with Gasteiger partial charge in [0.05, 0.1) is 11.4 Å². The van der Waals surface area contributed by atoms with Crippen molar-refractivity contribution in [2.45, 2.75) is 11.8 Å². The van der Waals surface area contributed by atoms with E-state index >= 15 is 0 Å². The van der Waals surface area contributed by atoms with Crippen LogP contribution in [-0.2, 0) is 10.0 Å². The van der Waals surface area contributed by atoms with E-state index in [1.807, 2.05) is 6.07 Å². The Balaban J connectivity index is 1.65. The number of aromatic nitrogens is 2. The molecule has 3 rings (SSSR count). The molecule has 3 aromatic rings. The number of carbonyl (C=O) groups is 1. The molecule has 0 saturated carbocycles. The lowest BCUT2D eigenvalue weighted by Crippen LogP contribution is -2.16. The molecule has 0 fully saturated rings. The van der Waals surface area contributed by atoms with Crippen molar-refractivity contribution in [1.29, 1.82) is 0 Å². The van der Waals surface area contributed by atoms with Crippen molar-refractivity contribution >= 4 is 27.4 Å². The number of sulfonamides is 1. The number of nitrogens with one attached hydrogen (secondary N) is 2. The molecule has 0 aliphatic carbocycles. The van der Waals surface area contributed by atoms with Crippen LogP contribution in [0.2, 0.25) is 0 Å². The first-order valence-electron chi connectivity index (χ1n) is 8.19. The van der Waals surface area contributed by atoms with E-state index < -0.39 is 10.0 Å². The molecule has 0 aliphatic rings. The Morgan fingerprint density at radius 3 is 2.37 bits per heavy atom. The Labute approximate surface area is 157 Å². The highest BCUT2D eigenvalue weighted by atomic mass is 32.2. The maximum atomic E-state index is 12.4. The maximum Gasteiger partial charge on any atom is 0.264 e. The van der Waals surface area contributed by atoms with Crippen LogP contribution in [0.3, 0.4) is 0 Å². The van der Waals surface area contributed by atoms with Crippen LogP contribution in [0.4, 0.5) is 11.6 Å². The molecule has 2 N–H and O–H groups in total. The molecule has 0 spiro atoms. The van der Waals surface area contributed by atoms with Crippen LogP contribution in [0.5, 0.6) is 0 Å². The van der Waals surface area contributed by atoms with Gasteiger partial charge in [-0.1, -0.05) is 30.3 Å². The summed E-state index contributed by atoms with van der Waals surface area (Å²) in [6, 6.07) is 16.7. The molecule has 138 valence electrons. The Morgan fingerprint density at radius 1 is 1.00 bits per heavy atom. The topological polar surface area (TPSA) is 101 Å². The average molecular weight is 382 g/mol. The zero-order valence-electron chi connectivity index (χ0n) is 14.6. The highest BCUT2D eigenvalue weighted by Gasteiger charge is 2.15. The van der Waals surface area contributed by atoms with Gasteiger partial charge in [0.25, 0.3) is 10.0 Å². The third-order valence-corrected chi connectivity index (χ3v) is 5.08. The molecule has 0 bridgehead atoms. The summed E-state index contributed by atoms with van der Waals surface area (Å²) < 4.78 is 27.2. The molecule has 1 heterocycles. The highest BCUT2D eigenvalue weighted by molar-refractivity contribution is 7.92. The van der Waals surface area contributed by atoms with E-state index in [4.69, 9.17) is 0 Å². The van der Waals surface area contributed by atoms with Crippen molar-refractivity contribution in [2.75, 3.05) is 16.6 Å². The van der Waals surface area contributed by atoms with Gasteiger partial charge >= 0.3 is 0 Å². The Bertz CT molecular complexity index is 1040. The van der Waals surface area contributed by atoms with E-state index in [9.17, 15) is 13.2 Å². The Kier molecular flexibility index (Phi) is 5.46. The van der Waals surface area contributed by atoms with Crippen LogP contribution < -0.4 is 10.0 Å². The third kappa shape index (κ3) is 4.89. The van der Waals surface area contributed by atoms with Crippen LogP contribution in [0.15, 0.2) is 71.8 Å². The molecule has 1 aromatic heterocycles. The van der Waals surface area contributed by atoms with Gasteiger partial charge in [-0.15, -0.1) is 0 Å². The summed E-state index contributed by atoms with van der Waals surface area (Å²) in [5.41, 5.74) is 1.92. The van der Waals surface area contributed by atoms with E-state index in [1.165, 1.54) is 18.3 Å². The number of nitrogens with zero attached hydrogens (tertiary/aromatic N) is 2. The second-order valence-corrected chi connectivity index (χ2v) is 7.48. The molecule has 0 amide bonds. The summed E-state index contributed by atoms with van der Waals surface area (Å²) in [4.78, 5) is 20.1. The summed E-state index contributed by atoms with van der Waals surface area (Å²) in [7, 11) is -3.79. The third-order valence-electron chi connectivity index (χ3n) is 3.73. The van der Waals surface area contributed by atoms with Gasteiger partial charge in [0.15, 0.2) is 5.78 Å². The molecule has 2 aromatic carbocycles. The van der Waals surface area contributed by atoms with Crippen molar-refractivity contribution in [3.63, 3.8) is 0 Å². The van der Waals surface area contributed by atoms with Crippen molar-refractivity contribution in [3.05, 3.63) is 78.1 Å². The van der Waals surface area contributed by atoms with Crippen molar-refractivity contribution in [3.8, 4) is 0 Å². The van der Waals surface area contributed by atoms with Crippen molar-refractivity contribution in [1.82, 2.24) is 9.97 Å². The predicted octanol–water partition coefficient (Wildman–Crippen LogP) is 2.88. The number of hydrogen-bond acceptors (Lipinski definition) is 6. The van der Waals surface area contributed by atoms with Crippen molar-refractivity contribution < 1.29 is 13.2 Å². The molecule has 0 unspecified atom stereocenters. The zero-order chi connectivity index (χ0) is 19.3. The van der Waals surface area contributed by atoms with Gasteiger partial charge in [-0.05, 0) is 37.3 Å². The SMILES string of the molecule is Cc1ccnc(NS(=O)(=O)c2ccc(NCC(=O)c3ccccc3)cc2)n1. The van der Waals surface area contributed by atoms with Crippen molar-refractivity contribution in [2.24, 2.45) is 0 Å². The number of benzene rings is 2. The number of hydrogen-bond donors (Lipinski definition) is 2. The fraction of sp³-hybridized carbons (Fsp3) is 0.105. The lowest BCUT2D eigenvalue weighted by molar-refractivity contribution is 0.101. The van der Waals surface area contributed by atoms with E-state index in [0.717, 1.165) is 0 Å². The fourth-order valence-corrected chi connectivity index (χ4v) is 3.29. The van der Waals surface area contributed by atoms with E-state index in [-0.39, 0.29) is 23.2 Å². The summed E-state index contributed by atoms with van der Waals surface area (Å²) in [6.07, 6.45) is 1.48. The first kappa shape index (κ1) is 18.5. The van der Waals surface area contributed by atoms with Gasteiger partial charge in [0.1, 0.15) is 0 Å². The molecule has 0 aliphatic heterocycles. The second kappa shape index (κ2) is 7.96. The molecular weight excluding hydrogens is 364 g/mol. The molecule has 8 heteroatoms. The van der Waals surface area contributed by atoms with Crippen LogP contribution >= 0.6 is 0 Å². The molecule has 27 heavy (non-hydrogen) atoms. The van der Waals surface area contributed by atoms with Gasteiger partial charge in [-0.3, -0.25) is 4.79 Å². The normalized spacial score (nSPS) is 11.0. The largest absolute Gasteiger partial charge is 0.378 e. The minimum Gasteiger partial charge on any atom is -0.378 e. The second-order valence-electron chi connectivity index (χ2n) is 5.79. The molecular formula is C19H18N4O3S. The smallest absolute Gasteiger partial charge is 0.264 e. The van der Waals surface area contributed by atoms with Crippen LogP contribution in [-0.4, -0.2) is 30.7 Å². The first-order chi connectivity index (χ1) is 12.9. The zero-order valence-corrected chi connectivity index (χ0v) is 15.4. The molecule has 0 saturated heterocycles. The number of Topliss-reactive ketones (excluding diaryl/α,β-unsaturated/α-hetero) is 1. The summed E-state index contributed by atoms with van der Waals surface area (Å²) in [5, 5.41) is 2.99. The molecule has 7 nitrogen and oxygen atoms in total. The van der Waals surface area contributed by atoms with Gasteiger partial charge in [0, 0.05) is 23.1 Å². The number of aryl methyl sites for hydroxylation is 1. The lowest BCUT2D eigenvalue weighted by Gasteiger charge is -2.09. The number of ketones is 1. The fourth-order valence-electron chi connectivity index (χ4n) is 2.34. The van der Waals surface area contributed by atoms with Gasteiger partial charge in [0.2, 0.25) is 5.95 Å². The summed E-state index contributed by atoms with van der Waals surface area (Å²) in [5.74, 6) is -0.0313. The van der Waals surface area contributed by atoms with Gasteiger partial charge in [-0.2, -0.15) is 0 Å². The highest BCUT2D eigenvalue weighted by Crippen LogP contribution is 2.16. The maximum absolute atomic E-state index is 12.4. The molecule has 0 atom stereocenters. The summed E-state index contributed by atoms with van der Waals surface area (Å²) >= 11 is 0. The quantitative estimate of drug-likeness (QED) is 0.610. The molecule has 0 radical (unpaired) electrons. The lowest BCUT2D eigenvalue weighted by atomic mass is 10.1. The van der Waals surface area contributed by atoms with Gasteiger partial charge in [-0.25, -0.2) is 23.1 Å². The average Bonchev–Trinajstić information content (AvgIpc) is 2.67. The van der Waals surface area contributed by atoms with Gasteiger partial charge < -0.3 is 5.32 Å². The number of rotatable bonds is 7. The Morgan fingerprint density at radius 2 is 1.70 bits per heavy atom. The Hall–Kier alpha value is -3.26. The number of anilines is 2. The minimum absolute atomic E-state index is 0.0191. The van der Waals surface area contributed by atoms with E-state index in [0.29, 0.717) is 16.9 Å². The van der Waals surface area contributed by atoms with Crippen LogP contribution in [0.1, 0.15) is 16.1 Å². The van der Waals surface area contributed by atoms with Crippen LogP contribution in [0, 0.1) is 6.92 Å². The number of carbonyl (C=O) groups excluding carboxylic acids is 1. The summed E-state index contributed by atoms with van der Waals surface area (Å²) in [6.45, 7) is 1.86. The van der Waals surface area contributed by atoms with E-state index in [2.05, 4.69) is 20.0 Å². The van der Waals surface area contributed by atoms with E-state index in [1.54, 1.807) is 49.4 Å².